The van der Waals surface area contributed by atoms with Crippen LogP contribution in [0.3, 0.4) is 0 Å². The molecule has 3 rings (SSSR count). The van der Waals surface area contributed by atoms with Gasteiger partial charge in [0.2, 0.25) is 5.91 Å². The van der Waals surface area contributed by atoms with Crippen molar-refractivity contribution >= 4 is 30.7 Å². The van der Waals surface area contributed by atoms with Gasteiger partial charge in [-0.15, -0.1) is 24.8 Å². The van der Waals surface area contributed by atoms with Crippen molar-refractivity contribution in [2.24, 2.45) is 5.73 Å². The predicted octanol–water partition coefficient (Wildman–Crippen LogP) is 2.45. The van der Waals surface area contributed by atoms with Gasteiger partial charge < -0.3 is 16.0 Å². The first kappa shape index (κ1) is 20.2. The zero-order valence-electron chi connectivity index (χ0n) is 13.5. The lowest BCUT2D eigenvalue weighted by Crippen LogP contribution is -2.54. The number of nitrogens with two attached hydrogens (primary N) is 1. The molecule has 0 bridgehead atoms. The minimum Gasteiger partial charge on any atom is -0.351 e. The molecule has 0 spiro atoms. The van der Waals surface area contributed by atoms with Gasteiger partial charge in [0.25, 0.3) is 0 Å². The van der Waals surface area contributed by atoms with E-state index >= 15 is 0 Å². The van der Waals surface area contributed by atoms with Crippen LogP contribution in [0.2, 0.25) is 0 Å². The summed E-state index contributed by atoms with van der Waals surface area (Å²) in [7, 11) is 0. The molecule has 6 heteroatoms. The highest BCUT2D eigenvalue weighted by Gasteiger charge is 2.35. The summed E-state index contributed by atoms with van der Waals surface area (Å²) in [6, 6.07) is 10.7. The van der Waals surface area contributed by atoms with Gasteiger partial charge in [-0.25, -0.2) is 0 Å². The zero-order valence-corrected chi connectivity index (χ0v) is 15.2. The summed E-state index contributed by atoms with van der Waals surface area (Å²) in [5, 5.41) is 3.15. The third-order valence-electron chi connectivity index (χ3n) is 4.77. The van der Waals surface area contributed by atoms with E-state index in [2.05, 4.69) is 10.2 Å². The summed E-state index contributed by atoms with van der Waals surface area (Å²) in [5.41, 5.74) is 6.16. The van der Waals surface area contributed by atoms with Gasteiger partial charge in [0, 0.05) is 25.2 Å². The predicted molar refractivity (Wildman–Crippen MR) is 98.2 cm³/mol. The standard InChI is InChI=1S/C17H25N3O.2ClH/c1-17(18,13-5-3-2-4-6-13)16(21)19-14-9-11-20(12-10-14)15-7-8-15;;/h2-6,14-15H,7-12,18H2,1H3,(H,19,21);2*1H. The lowest BCUT2D eigenvalue weighted by Gasteiger charge is -2.34. The molecule has 1 aromatic carbocycles. The number of hydrogen-bond donors (Lipinski definition) is 2. The summed E-state index contributed by atoms with van der Waals surface area (Å²) in [4.78, 5) is 15.1. The number of halogens is 2. The molecule has 1 aliphatic heterocycles. The second kappa shape index (κ2) is 8.34. The molecule has 23 heavy (non-hydrogen) atoms. The monoisotopic (exact) mass is 359 g/mol. The van der Waals surface area contributed by atoms with Crippen molar-refractivity contribution in [3.05, 3.63) is 35.9 Å². The van der Waals surface area contributed by atoms with Crippen LogP contribution in [0.5, 0.6) is 0 Å². The third kappa shape index (κ3) is 4.83. The molecule has 3 N–H and O–H groups in total. The molecule has 1 aromatic rings. The van der Waals surface area contributed by atoms with E-state index in [0.717, 1.165) is 37.5 Å². The second-order valence-electron chi connectivity index (χ2n) is 6.58. The van der Waals surface area contributed by atoms with Gasteiger partial charge in [-0.3, -0.25) is 4.79 Å². The topological polar surface area (TPSA) is 58.4 Å². The number of carbonyl (C=O) groups is 1. The van der Waals surface area contributed by atoms with Gasteiger partial charge in [0.15, 0.2) is 0 Å². The summed E-state index contributed by atoms with van der Waals surface area (Å²) < 4.78 is 0. The number of hydrogen-bond acceptors (Lipinski definition) is 3. The average Bonchev–Trinajstić information content (AvgIpc) is 3.33. The van der Waals surface area contributed by atoms with Gasteiger partial charge in [0.05, 0.1) is 0 Å². The van der Waals surface area contributed by atoms with Crippen molar-refractivity contribution < 1.29 is 4.79 Å². The maximum absolute atomic E-state index is 12.5. The molecule has 1 atom stereocenters. The molecule has 1 heterocycles. The van der Waals surface area contributed by atoms with Gasteiger partial charge >= 0.3 is 0 Å². The Kier molecular flexibility index (Phi) is 7.33. The fraction of sp³-hybridized carbons (Fsp3) is 0.588. The average molecular weight is 360 g/mol. The van der Waals surface area contributed by atoms with Crippen LogP contribution in [-0.4, -0.2) is 36.0 Å². The summed E-state index contributed by atoms with van der Waals surface area (Å²) in [5.74, 6) is -0.0708. The van der Waals surface area contributed by atoms with Crippen LogP contribution >= 0.6 is 24.8 Å². The number of amides is 1. The number of nitrogens with zero attached hydrogens (tertiary/aromatic N) is 1. The Labute approximate surface area is 151 Å². The molecule has 2 fully saturated rings. The van der Waals surface area contributed by atoms with Crippen molar-refractivity contribution in [1.82, 2.24) is 10.2 Å². The van der Waals surface area contributed by atoms with E-state index in [1.807, 2.05) is 30.3 Å². The van der Waals surface area contributed by atoms with Gasteiger partial charge in [-0.2, -0.15) is 0 Å². The summed E-state index contributed by atoms with van der Waals surface area (Å²) in [6.45, 7) is 3.99. The van der Waals surface area contributed by atoms with E-state index in [4.69, 9.17) is 5.73 Å². The summed E-state index contributed by atoms with van der Waals surface area (Å²) in [6.07, 6.45) is 4.78. The van der Waals surface area contributed by atoms with E-state index < -0.39 is 5.54 Å². The highest BCUT2D eigenvalue weighted by atomic mass is 35.5. The smallest absolute Gasteiger partial charge is 0.244 e. The molecule has 0 aromatic heterocycles. The van der Waals surface area contributed by atoms with Crippen LogP contribution in [-0.2, 0) is 10.3 Å². The lowest BCUT2D eigenvalue weighted by atomic mass is 9.91. The normalized spacial score (nSPS) is 21.5. The van der Waals surface area contributed by atoms with E-state index in [1.54, 1.807) is 6.92 Å². The molecule has 1 saturated heterocycles. The molecule has 2 aliphatic rings. The van der Waals surface area contributed by atoms with E-state index in [1.165, 1.54) is 12.8 Å². The molecule has 1 aliphatic carbocycles. The highest BCUT2D eigenvalue weighted by Crippen LogP contribution is 2.29. The van der Waals surface area contributed by atoms with E-state index in [0.29, 0.717) is 0 Å². The maximum Gasteiger partial charge on any atom is 0.244 e. The first-order valence-electron chi connectivity index (χ1n) is 7.97. The maximum atomic E-state index is 12.5. The molecular formula is C17H27Cl2N3O. The van der Waals surface area contributed by atoms with E-state index in [-0.39, 0.29) is 36.8 Å². The number of rotatable bonds is 4. The van der Waals surface area contributed by atoms with Gasteiger partial charge in [-0.05, 0) is 38.2 Å². The Hall–Kier alpha value is -0.810. The van der Waals surface area contributed by atoms with Crippen molar-refractivity contribution in [2.45, 2.75) is 50.2 Å². The molecule has 1 saturated carbocycles. The molecule has 0 radical (unpaired) electrons. The lowest BCUT2D eigenvalue weighted by molar-refractivity contribution is -0.127. The molecular weight excluding hydrogens is 333 g/mol. The Morgan fingerprint density at radius 3 is 2.22 bits per heavy atom. The fourth-order valence-corrected chi connectivity index (χ4v) is 3.10. The van der Waals surface area contributed by atoms with Gasteiger partial charge in [-0.1, -0.05) is 30.3 Å². The largest absolute Gasteiger partial charge is 0.351 e. The second-order valence-corrected chi connectivity index (χ2v) is 6.58. The van der Waals surface area contributed by atoms with Crippen LogP contribution in [0.25, 0.3) is 0 Å². The third-order valence-corrected chi connectivity index (χ3v) is 4.77. The molecule has 4 nitrogen and oxygen atoms in total. The van der Waals surface area contributed by atoms with Crippen molar-refractivity contribution in [3.8, 4) is 0 Å². The summed E-state index contributed by atoms with van der Waals surface area (Å²) >= 11 is 0. The Morgan fingerprint density at radius 1 is 1.13 bits per heavy atom. The fourth-order valence-electron chi connectivity index (χ4n) is 3.10. The zero-order chi connectivity index (χ0) is 14.9. The van der Waals surface area contributed by atoms with Crippen molar-refractivity contribution in [2.75, 3.05) is 13.1 Å². The number of likely N-dealkylation sites (tertiary alicyclic amines) is 1. The van der Waals surface area contributed by atoms with Gasteiger partial charge in [0.1, 0.15) is 5.54 Å². The quantitative estimate of drug-likeness (QED) is 0.867. The molecule has 1 unspecified atom stereocenters. The minimum atomic E-state index is -0.963. The molecule has 1 amide bonds. The van der Waals surface area contributed by atoms with Crippen LogP contribution in [0.1, 0.15) is 38.2 Å². The van der Waals surface area contributed by atoms with Crippen molar-refractivity contribution in [1.29, 1.82) is 0 Å². The Balaban J connectivity index is 0.00000132. The van der Waals surface area contributed by atoms with Crippen LogP contribution in [0.4, 0.5) is 0 Å². The Bertz CT molecular complexity index is 498. The highest BCUT2D eigenvalue weighted by molar-refractivity contribution is 5.87. The number of benzene rings is 1. The Morgan fingerprint density at radius 2 is 1.70 bits per heavy atom. The number of carbonyl (C=O) groups excluding carboxylic acids is 1. The first-order chi connectivity index (χ1) is 10.1. The van der Waals surface area contributed by atoms with Crippen LogP contribution < -0.4 is 11.1 Å². The van der Waals surface area contributed by atoms with Crippen LogP contribution in [0, 0.1) is 0 Å². The molecule has 130 valence electrons. The first-order valence-corrected chi connectivity index (χ1v) is 7.97. The minimum absolute atomic E-state index is 0. The number of piperidine rings is 1. The van der Waals surface area contributed by atoms with Crippen LogP contribution in [0.15, 0.2) is 30.3 Å². The van der Waals surface area contributed by atoms with Crippen molar-refractivity contribution in [3.63, 3.8) is 0 Å². The van der Waals surface area contributed by atoms with E-state index in [9.17, 15) is 4.79 Å². The SMILES string of the molecule is CC(N)(C(=O)NC1CCN(C2CC2)CC1)c1ccccc1.Cl.Cl. The number of nitrogens with one attached hydrogen (secondary N) is 1.